The number of pyridine rings is 1. The summed E-state index contributed by atoms with van der Waals surface area (Å²) < 4.78 is 0. The lowest BCUT2D eigenvalue weighted by Crippen LogP contribution is -1.90. The molecule has 0 saturated heterocycles. The largest absolute Gasteiger partial charge is 0.386 e. The van der Waals surface area contributed by atoms with Gasteiger partial charge in [-0.15, -0.1) is 0 Å². The Morgan fingerprint density at radius 2 is 2.10 bits per heavy atom. The van der Waals surface area contributed by atoms with Gasteiger partial charge in [-0.2, -0.15) is 0 Å². The van der Waals surface area contributed by atoms with Crippen LogP contribution in [0.25, 0.3) is 0 Å². The second kappa shape index (κ2) is 3.08. The molecule has 1 rings (SSSR count). The number of aromatic nitrogens is 1. The van der Waals surface area contributed by atoms with Crippen molar-refractivity contribution < 1.29 is 0 Å². The van der Waals surface area contributed by atoms with Gasteiger partial charge in [-0.3, -0.25) is 0 Å². The lowest BCUT2D eigenvalue weighted by molar-refractivity contribution is 1.31. The molecular formula is C6H6Cl2N2. The van der Waals surface area contributed by atoms with Crippen LogP contribution in [-0.2, 0) is 0 Å². The van der Waals surface area contributed by atoms with E-state index in [0.29, 0.717) is 10.3 Å². The summed E-state index contributed by atoms with van der Waals surface area (Å²) in [6, 6.07) is 3.46. The molecule has 0 aliphatic heterocycles. The normalized spacial score (nSPS) is 9.50. The lowest BCUT2D eigenvalue weighted by atomic mass is 10.4. The smallest absolute Gasteiger partial charge is 0.153 e. The summed E-state index contributed by atoms with van der Waals surface area (Å²) in [4.78, 5) is 3.81. The average molecular weight is 177 g/mol. The third-order valence-electron chi connectivity index (χ3n) is 1.08. The first kappa shape index (κ1) is 7.63. The van der Waals surface area contributed by atoms with E-state index in [1.807, 2.05) is 0 Å². The van der Waals surface area contributed by atoms with Crippen LogP contribution in [0.4, 0.5) is 5.69 Å². The maximum absolute atomic E-state index is 5.67. The van der Waals surface area contributed by atoms with Crippen LogP contribution < -0.4 is 5.32 Å². The van der Waals surface area contributed by atoms with Crippen molar-refractivity contribution in [2.24, 2.45) is 0 Å². The third-order valence-corrected chi connectivity index (χ3v) is 1.58. The Hall–Kier alpha value is -0.470. The maximum atomic E-state index is 5.67. The van der Waals surface area contributed by atoms with Gasteiger partial charge in [-0.25, -0.2) is 4.98 Å². The predicted molar refractivity (Wildman–Crippen MR) is 43.8 cm³/mol. The van der Waals surface area contributed by atoms with Crippen molar-refractivity contribution in [2.75, 3.05) is 12.4 Å². The van der Waals surface area contributed by atoms with Gasteiger partial charge in [0.25, 0.3) is 0 Å². The van der Waals surface area contributed by atoms with Gasteiger partial charge in [0.1, 0.15) is 5.15 Å². The SMILES string of the molecule is CNc1ccc(Cl)nc1Cl. The zero-order valence-corrected chi connectivity index (χ0v) is 6.87. The van der Waals surface area contributed by atoms with Crippen molar-refractivity contribution in [1.82, 2.24) is 4.98 Å². The van der Waals surface area contributed by atoms with Gasteiger partial charge < -0.3 is 5.32 Å². The Labute approximate surface area is 69.2 Å². The quantitative estimate of drug-likeness (QED) is 0.666. The molecule has 10 heavy (non-hydrogen) atoms. The highest BCUT2D eigenvalue weighted by atomic mass is 35.5. The van der Waals surface area contributed by atoms with E-state index in [4.69, 9.17) is 23.2 Å². The number of halogens is 2. The Balaban J connectivity index is 3.07. The number of nitrogens with one attached hydrogen (secondary N) is 1. The topological polar surface area (TPSA) is 24.9 Å². The van der Waals surface area contributed by atoms with Gasteiger partial charge in [-0.05, 0) is 12.1 Å². The highest BCUT2D eigenvalue weighted by molar-refractivity contribution is 6.34. The van der Waals surface area contributed by atoms with Crippen molar-refractivity contribution in [3.63, 3.8) is 0 Å². The molecule has 0 aromatic carbocycles. The maximum Gasteiger partial charge on any atom is 0.153 e. The molecular weight excluding hydrogens is 171 g/mol. The molecule has 0 aliphatic rings. The summed E-state index contributed by atoms with van der Waals surface area (Å²) in [7, 11) is 1.77. The molecule has 0 saturated carbocycles. The van der Waals surface area contributed by atoms with Gasteiger partial charge in [0, 0.05) is 7.05 Å². The standard InChI is InChI=1S/C6H6Cl2N2/c1-9-4-2-3-5(7)10-6(4)8/h2-3,9H,1H3. The number of anilines is 1. The third kappa shape index (κ3) is 1.52. The fraction of sp³-hybridized carbons (Fsp3) is 0.167. The molecule has 2 nitrogen and oxygen atoms in total. The van der Waals surface area contributed by atoms with Gasteiger partial charge in [0.05, 0.1) is 5.69 Å². The molecule has 0 spiro atoms. The van der Waals surface area contributed by atoms with Crippen molar-refractivity contribution in [3.05, 3.63) is 22.4 Å². The van der Waals surface area contributed by atoms with Crippen LogP contribution >= 0.6 is 23.2 Å². The van der Waals surface area contributed by atoms with Gasteiger partial charge in [-0.1, -0.05) is 23.2 Å². The summed E-state index contributed by atoms with van der Waals surface area (Å²) >= 11 is 11.2. The molecule has 0 atom stereocenters. The number of hydrogen-bond donors (Lipinski definition) is 1. The number of hydrogen-bond acceptors (Lipinski definition) is 2. The predicted octanol–water partition coefficient (Wildman–Crippen LogP) is 2.43. The average Bonchev–Trinajstić information content (AvgIpc) is 1.88. The van der Waals surface area contributed by atoms with E-state index in [9.17, 15) is 0 Å². The zero-order valence-electron chi connectivity index (χ0n) is 5.36. The molecule has 0 unspecified atom stereocenters. The van der Waals surface area contributed by atoms with E-state index in [1.54, 1.807) is 19.2 Å². The van der Waals surface area contributed by atoms with Crippen LogP contribution in [0.1, 0.15) is 0 Å². The molecule has 54 valence electrons. The number of nitrogens with zero attached hydrogens (tertiary/aromatic N) is 1. The van der Waals surface area contributed by atoms with Crippen LogP contribution in [0.5, 0.6) is 0 Å². The molecule has 0 aliphatic carbocycles. The first-order chi connectivity index (χ1) is 4.74. The first-order valence-corrected chi connectivity index (χ1v) is 3.49. The molecule has 4 heteroatoms. The summed E-state index contributed by atoms with van der Waals surface area (Å²) in [6.07, 6.45) is 0. The number of rotatable bonds is 1. The Morgan fingerprint density at radius 3 is 2.60 bits per heavy atom. The Morgan fingerprint density at radius 1 is 1.40 bits per heavy atom. The molecule has 1 aromatic heterocycles. The van der Waals surface area contributed by atoms with E-state index in [1.165, 1.54) is 0 Å². The van der Waals surface area contributed by atoms with E-state index in [2.05, 4.69) is 10.3 Å². The Bertz CT molecular complexity index is 237. The van der Waals surface area contributed by atoms with E-state index in [-0.39, 0.29) is 0 Å². The molecule has 0 amide bonds. The second-order valence-electron chi connectivity index (χ2n) is 1.72. The minimum Gasteiger partial charge on any atom is -0.386 e. The molecule has 1 heterocycles. The minimum atomic E-state index is 0.398. The fourth-order valence-corrected chi connectivity index (χ4v) is 1.04. The first-order valence-electron chi connectivity index (χ1n) is 2.74. The lowest BCUT2D eigenvalue weighted by Gasteiger charge is -2.00. The molecule has 0 radical (unpaired) electrons. The Kier molecular flexibility index (Phi) is 2.35. The van der Waals surface area contributed by atoms with Gasteiger partial charge >= 0.3 is 0 Å². The van der Waals surface area contributed by atoms with Crippen LogP contribution in [0, 0.1) is 0 Å². The second-order valence-corrected chi connectivity index (χ2v) is 2.47. The summed E-state index contributed by atoms with van der Waals surface area (Å²) in [5.74, 6) is 0. The van der Waals surface area contributed by atoms with E-state index >= 15 is 0 Å². The molecule has 0 fully saturated rings. The van der Waals surface area contributed by atoms with Gasteiger partial charge in [0.15, 0.2) is 5.15 Å². The van der Waals surface area contributed by atoms with E-state index < -0.39 is 0 Å². The highest BCUT2D eigenvalue weighted by Gasteiger charge is 1.98. The van der Waals surface area contributed by atoms with Crippen molar-refractivity contribution in [1.29, 1.82) is 0 Å². The molecule has 1 N–H and O–H groups in total. The molecule has 0 bridgehead atoms. The highest BCUT2D eigenvalue weighted by Crippen LogP contribution is 2.20. The zero-order chi connectivity index (χ0) is 7.56. The van der Waals surface area contributed by atoms with E-state index in [0.717, 1.165) is 5.69 Å². The summed E-state index contributed by atoms with van der Waals surface area (Å²) in [5, 5.41) is 3.67. The fourth-order valence-electron chi connectivity index (χ4n) is 0.599. The van der Waals surface area contributed by atoms with Crippen LogP contribution in [0.3, 0.4) is 0 Å². The van der Waals surface area contributed by atoms with Crippen LogP contribution in [-0.4, -0.2) is 12.0 Å². The summed E-state index contributed by atoms with van der Waals surface area (Å²) in [5.41, 5.74) is 0.783. The van der Waals surface area contributed by atoms with Crippen LogP contribution in [0.15, 0.2) is 12.1 Å². The van der Waals surface area contributed by atoms with Crippen molar-refractivity contribution in [3.8, 4) is 0 Å². The minimum absolute atomic E-state index is 0.398. The van der Waals surface area contributed by atoms with Crippen molar-refractivity contribution in [2.45, 2.75) is 0 Å². The van der Waals surface area contributed by atoms with Crippen molar-refractivity contribution >= 4 is 28.9 Å². The van der Waals surface area contributed by atoms with Crippen LogP contribution in [0.2, 0.25) is 10.3 Å². The van der Waals surface area contributed by atoms with Gasteiger partial charge in [0.2, 0.25) is 0 Å². The summed E-state index contributed by atoms with van der Waals surface area (Å²) in [6.45, 7) is 0. The molecule has 1 aromatic rings. The monoisotopic (exact) mass is 176 g/mol.